The van der Waals surface area contributed by atoms with E-state index in [4.69, 9.17) is 9.40 Å². The molecule has 0 aliphatic carbocycles. The Morgan fingerprint density at radius 3 is 2.49 bits per heavy atom. The van der Waals surface area contributed by atoms with Gasteiger partial charge >= 0.3 is 0 Å². The van der Waals surface area contributed by atoms with Gasteiger partial charge < -0.3 is 14.7 Å². The van der Waals surface area contributed by atoms with Crippen molar-refractivity contribution in [1.82, 2.24) is 19.8 Å². The SMILES string of the molecule is O=C(CN1CCCCC1)Nc1cc2[nH]c(CN3CCCCC3)nc2c2c(=O)c3ccccc3oc12. The average Bonchev–Trinajstić information content (AvgIpc) is 3.27. The first-order valence-corrected chi connectivity index (χ1v) is 12.8. The number of fused-ring (bicyclic) bond motifs is 4. The Kier molecular flexibility index (Phi) is 6.00. The molecule has 0 bridgehead atoms. The summed E-state index contributed by atoms with van der Waals surface area (Å²) >= 11 is 0. The van der Waals surface area contributed by atoms with Crippen molar-refractivity contribution in [1.29, 1.82) is 0 Å². The maximum Gasteiger partial charge on any atom is 0.238 e. The maximum atomic E-state index is 13.6. The first-order chi connectivity index (χ1) is 17.2. The number of piperidine rings is 2. The molecule has 35 heavy (non-hydrogen) atoms. The van der Waals surface area contributed by atoms with Gasteiger partial charge in [-0.2, -0.15) is 0 Å². The molecular weight excluding hydrogens is 442 g/mol. The molecule has 2 N–H and O–H groups in total. The first kappa shape index (κ1) is 22.2. The summed E-state index contributed by atoms with van der Waals surface area (Å²) in [5, 5.41) is 3.96. The molecule has 2 saturated heterocycles. The maximum absolute atomic E-state index is 13.6. The summed E-state index contributed by atoms with van der Waals surface area (Å²) in [7, 11) is 0. The van der Waals surface area contributed by atoms with Crippen molar-refractivity contribution in [3.8, 4) is 0 Å². The van der Waals surface area contributed by atoms with E-state index in [1.807, 2.05) is 18.2 Å². The number of rotatable bonds is 5. The van der Waals surface area contributed by atoms with E-state index in [-0.39, 0.29) is 11.3 Å². The van der Waals surface area contributed by atoms with Gasteiger partial charge in [-0.25, -0.2) is 4.98 Å². The molecule has 2 aromatic carbocycles. The van der Waals surface area contributed by atoms with Crippen LogP contribution in [0.15, 0.2) is 39.5 Å². The molecule has 4 heterocycles. The lowest BCUT2D eigenvalue weighted by atomic mass is 10.1. The standard InChI is InChI=1S/C27H31N5O3/c33-23(17-32-13-7-2-8-14-32)29-20-15-19-25(30-22(28-19)16-31-11-5-1-6-12-31)24-26(34)18-9-3-4-10-21(18)35-27(20)24/h3-4,9-10,15H,1-2,5-8,11-14,16-17H2,(H,28,30)(H,29,33). The van der Waals surface area contributed by atoms with E-state index in [1.165, 1.54) is 25.7 Å². The van der Waals surface area contributed by atoms with Crippen molar-refractivity contribution < 1.29 is 9.21 Å². The second-order valence-corrected chi connectivity index (χ2v) is 9.86. The zero-order valence-electron chi connectivity index (χ0n) is 19.9. The van der Waals surface area contributed by atoms with Crippen molar-refractivity contribution in [2.75, 3.05) is 38.0 Å². The number of amides is 1. The monoisotopic (exact) mass is 473 g/mol. The molecule has 8 heteroatoms. The number of imidazole rings is 1. The number of hydrogen-bond acceptors (Lipinski definition) is 6. The Labute approximate surface area is 203 Å². The summed E-state index contributed by atoms with van der Waals surface area (Å²) in [6.07, 6.45) is 7.14. The van der Waals surface area contributed by atoms with Crippen LogP contribution in [0.4, 0.5) is 5.69 Å². The molecule has 182 valence electrons. The highest BCUT2D eigenvalue weighted by atomic mass is 16.3. The number of para-hydroxylation sites is 1. The normalized spacial score (nSPS) is 17.9. The minimum absolute atomic E-state index is 0.101. The lowest BCUT2D eigenvalue weighted by molar-refractivity contribution is -0.117. The lowest BCUT2D eigenvalue weighted by Gasteiger charge is -2.25. The molecule has 0 atom stereocenters. The van der Waals surface area contributed by atoms with Crippen molar-refractivity contribution in [3.05, 3.63) is 46.4 Å². The van der Waals surface area contributed by atoms with Crippen LogP contribution in [0.1, 0.15) is 44.3 Å². The van der Waals surface area contributed by atoms with Crippen molar-refractivity contribution >= 4 is 44.6 Å². The highest BCUT2D eigenvalue weighted by molar-refractivity contribution is 6.13. The largest absolute Gasteiger partial charge is 0.454 e. The molecule has 1 amide bonds. The Hall–Kier alpha value is -3.23. The molecule has 8 nitrogen and oxygen atoms in total. The van der Waals surface area contributed by atoms with Crippen molar-refractivity contribution in [2.45, 2.75) is 45.1 Å². The summed E-state index contributed by atoms with van der Waals surface area (Å²) in [5.74, 6) is 0.726. The van der Waals surface area contributed by atoms with Crippen molar-refractivity contribution in [2.24, 2.45) is 0 Å². The summed E-state index contributed by atoms with van der Waals surface area (Å²) in [6, 6.07) is 9.09. The summed E-state index contributed by atoms with van der Waals surface area (Å²) in [6.45, 7) is 5.04. The molecule has 2 aromatic heterocycles. The van der Waals surface area contributed by atoms with Crippen LogP contribution in [0.5, 0.6) is 0 Å². The molecule has 0 spiro atoms. The quantitative estimate of drug-likeness (QED) is 0.421. The highest BCUT2D eigenvalue weighted by Crippen LogP contribution is 2.32. The van der Waals surface area contributed by atoms with Crippen molar-refractivity contribution in [3.63, 3.8) is 0 Å². The first-order valence-electron chi connectivity index (χ1n) is 12.8. The number of H-pyrrole nitrogens is 1. The van der Waals surface area contributed by atoms with Gasteiger partial charge in [0.05, 0.1) is 35.1 Å². The van der Waals surface area contributed by atoms with Gasteiger partial charge in [-0.3, -0.25) is 19.4 Å². The summed E-state index contributed by atoms with van der Waals surface area (Å²) < 4.78 is 6.22. The summed E-state index contributed by atoms with van der Waals surface area (Å²) in [5.41, 5.74) is 2.59. The number of benzene rings is 2. The second-order valence-electron chi connectivity index (χ2n) is 9.86. The van der Waals surface area contributed by atoms with Crippen LogP contribution in [0.25, 0.3) is 33.0 Å². The number of carbonyl (C=O) groups excluding carboxylic acids is 1. The van der Waals surface area contributed by atoms with E-state index in [0.717, 1.165) is 50.4 Å². The molecule has 2 aliphatic rings. The third-order valence-electron chi connectivity index (χ3n) is 7.26. The molecular formula is C27H31N5O3. The fourth-order valence-corrected chi connectivity index (χ4v) is 5.50. The Morgan fingerprint density at radius 1 is 1.00 bits per heavy atom. The van der Waals surface area contributed by atoms with E-state index in [2.05, 4.69) is 20.1 Å². The second kappa shape index (κ2) is 9.43. The Balaban J connectivity index is 1.43. The van der Waals surface area contributed by atoms with Gasteiger partial charge in [0.1, 0.15) is 16.9 Å². The number of nitrogens with zero attached hydrogens (tertiary/aromatic N) is 3. The number of anilines is 1. The Morgan fingerprint density at radius 2 is 1.71 bits per heavy atom. The third kappa shape index (κ3) is 4.44. The third-order valence-corrected chi connectivity index (χ3v) is 7.26. The number of carbonyl (C=O) groups is 1. The fraction of sp³-hybridized carbons (Fsp3) is 0.444. The predicted molar refractivity (Wildman–Crippen MR) is 138 cm³/mol. The van der Waals surface area contributed by atoms with Crippen LogP contribution in [0, 0.1) is 0 Å². The zero-order valence-corrected chi connectivity index (χ0v) is 19.9. The van der Waals surface area contributed by atoms with E-state index in [1.54, 1.807) is 12.1 Å². The lowest BCUT2D eigenvalue weighted by Crippen LogP contribution is -2.36. The van der Waals surface area contributed by atoms with E-state index >= 15 is 0 Å². The number of aromatic nitrogens is 2. The van der Waals surface area contributed by atoms with Crippen LogP contribution in [0.2, 0.25) is 0 Å². The molecule has 4 aromatic rings. The van der Waals surface area contributed by atoms with Crippen LogP contribution in [0.3, 0.4) is 0 Å². The molecule has 0 radical (unpaired) electrons. The van der Waals surface area contributed by atoms with Gasteiger partial charge in [0.2, 0.25) is 11.3 Å². The fourth-order valence-electron chi connectivity index (χ4n) is 5.50. The van der Waals surface area contributed by atoms with E-state index in [9.17, 15) is 9.59 Å². The molecule has 6 rings (SSSR count). The van der Waals surface area contributed by atoms with Gasteiger partial charge in [-0.1, -0.05) is 25.0 Å². The Bertz CT molecular complexity index is 1440. The molecule has 0 unspecified atom stereocenters. The molecule has 2 aliphatic heterocycles. The van der Waals surface area contributed by atoms with Crippen LogP contribution < -0.4 is 10.7 Å². The minimum Gasteiger partial charge on any atom is -0.454 e. The number of likely N-dealkylation sites (tertiary alicyclic amines) is 2. The van der Waals surface area contributed by atoms with E-state index < -0.39 is 0 Å². The smallest absolute Gasteiger partial charge is 0.238 e. The predicted octanol–water partition coefficient (Wildman–Crippen LogP) is 4.23. The van der Waals surface area contributed by atoms with Gasteiger partial charge in [0, 0.05) is 0 Å². The number of hydrogen-bond donors (Lipinski definition) is 2. The topological polar surface area (TPSA) is 94.5 Å². The van der Waals surface area contributed by atoms with Crippen LogP contribution in [-0.2, 0) is 11.3 Å². The van der Waals surface area contributed by atoms with E-state index in [0.29, 0.717) is 46.2 Å². The van der Waals surface area contributed by atoms with Gasteiger partial charge in [-0.15, -0.1) is 0 Å². The highest BCUT2D eigenvalue weighted by Gasteiger charge is 2.21. The van der Waals surface area contributed by atoms with Crippen LogP contribution >= 0.6 is 0 Å². The van der Waals surface area contributed by atoms with Crippen LogP contribution in [-0.4, -0.2) is 58.4 Å². The average molecular weight is 474 g/mol. The van der Waals surface area contributed by atoms with Gasteiger partial charge in [0.25, 0.3) is 0 Å². The summed E-state index contributed by atoms with van der Waals surface area (Å²) in [4.78, 5) is 39.4. The van der Waals surface area contributed by atoms with Gasteiger partial charge in [-0.05, 0) is 70.1 Å². The number of nitrogens with one attached hydrogen (secondary N) is 2. The minimum atomic E-state index is -0.130. The molecule has 0 saturated carbocycles. The number of aromatic amines is 1. The molecule has 2 fully saturated rings. The zero-order chi connectivity index (χ0) is 23.8. The van der Waals surface area contributed by atoms with Gasteiger partial charge in [0.15, 0.2) is 5.58 Å².